The molecule has 0 radical (unpaired) electrons. The first kappa shape index (κ1) is 22.2. The first-order valence-corrected chi connectivity index (χ1v) is 11.0. The van der Waals surface area contributed by atoms with E-state index < -0.39 is 12.7 Å². The van der Waals surface area contributed by atoms with Crippen LogP contribution in [0.5, 0.6) is 5.75 Å². The summed E-state index contributed by atoms with van der Waals surface area (Å²) >= 11 is 0. The van der Waals surface area contributed by atoms with Crippen LogP contribution in [0, 0.1) is 0 Å². The number of rotatable bonds is 4. The van der Waals surface area contributed by atoms with E-state index in [9.17, 15) is 18.0 Å². The summed E-state index contributed by atoms with van der Waals surface area (Å²) in [6.07, 6.45) is 1.26. The van der Waals surface area contributed by atoms with Crippen LogP contribution in [0.3, 0.4) is 0 Å². The molecule has 1 aromatic carbocycles. The number of hydrogen-bond acceptors (Lipinski definition) is 5. The third-order valence-electron chi connectivity index (χ3n) is 6.17. The highest BCUT2D eigenvalue weighted by Crippen LogP contribution is 2.35. The highest BCUT2D eigenvalue weighted by Gasteiger charge is 2.32. The van der Waals surface area contributed by atoms with Gasteiger partial charge in [-0.05, 0) is 37.5 Å². The molecule has 4 heterocycles. The van der Waals surface area contributed by atoms with Crippen LogP contribution in [0.2, 0.25) is 0 Å². The van der Waals surface area contributed by atoms with Crippen LogP contribution >= 0.6 is 0 Å². The third kappa shape index (κ3) is 3.84. The van der Waals surface area contributed by atoms with Gasteiger partial charge < -0.3 is 18.8 Å². The van der Waals surface area contributed by atoms with Crippen molar-refractivity contribution in [1.29, 1.82) is 0 Å². The Hall–Kier alpha value is -3.63. The van der Waals surface area contributed by atoms with Crippen LogP contribution in [0.25, 0.3) is 33.6 Å². The van der Waals surface area contributed by atoms with Crippen molar-refractivity contribution >= 4 is 28.0 Å². The Balaban J connectivity index is 1.67. The number of benzene rings is 1. The largest absolute Gasteiger partial charge is 0.494 e. The maximum Gasteiger partial charge on any atom is 0.406 e. The fourth-order valence-corrected chi connectivity index (χ4v) is 4.62. The zero-order chi connectivity index (χ0) is 24.0. The molecule has 1 aliphatic heterocycles. The number of aromatic nitrogens is 5. The van der Waals surface area contributed by atoms with E-state index in [1.54, 1.807) is 29.8 Å². The first-order chi connectivity index (χ1) is 16.3. The van der Waals surface area contributed by atoms with E-state index >= 15 is 0 Å². The lowest BCUT2D eigenvalue weighted by Crippen LogP contribution is -2.35. The minimum absolute atomic E-state index is 0.103. The summed E-state index contributed by atoms with van der Waals surface area (Å²) in [5.41, 5.74) is 1.91. The lowest BCUT2D eigenvalue weighted by molar-refractivity contribution is -0.139. The molecule has 3 aromatic heterocycles. The summed E-state index contributed by atoms with van der Waals surface area (Å²) in [5, 5.41) is 0.474. The number of alkyl halides is 3. The lowest BCUT2D eigenvalue weighted by Gasteiger charge is -2.26. The van der Waals surface area contributed by atoms with Gasteiger partial charge in [0.15, 0.2) is 5.82 Å². The zero-order valence-electron chi connectivity index (χ0n) is 18.8. The number of methoxy groups -OCH3 is 1. The predicted molar refractivity (Wildman–Crippen MR) is 120 cm³/mol. The normalized spacial score (nSPS) is 14.8. The molecule has 0 saturated carbocycles. The monoisotopic (exact) mass is 472 g/mol. The van der Waals surface area contributed by atoms with Crippen LogP contribution < -0.4 is 4.74 Å². The number of imidazole rings is 1. The van der Waals surface area contributed by atoms with E-state index in [1.807, 2.05) is 4.90 Å². The molecule has 178 valence electrons. The van der Waals surface area contributed by atoms with E-state index in [0.29, 0.717) is 46.6 Å². The van der Waals surface area contributed by atoms with Crippen LogP contribution in [0.1, 0.15) is 29.6 Å². The van der Waals surface area contributed by atoms with Gasteiger partial charge in [-0.2, -0.15) is 13.2 Å². The summed E-state index contributed by atoms with van der Waals surface area (Å²) in [5.74, 6) is 0.629. The Kier molecular flexibility index (Phi) is 5.41. The molecule has 4 aromatic rings. The van der Waals surface area contributed by atoms with Gasteiger partial charge >= 0.3 is 6.18 Å². The van der Waals surface area contributed by atoms with Crippen molar-refractivity contribution in [2.45, 2.75) is 32.0 Å². The van der Waals surface area contributed by atoms with Crippen LogP contribution in [0.4, 0.5) is 13.2 Å². The highest BCUT2D eigenvalue weighted by atomic mass is 19.4. The topological polar surface area (TPSA) is 78.1 Å². The predicted octanol–water partition coefficient (Wildman–Crippen LogP) is 4.18. The van der Waals surface area contributed by atoms with Crippen molar-refractivity contribution in [3.8, 4) is 17.3 Å². The van der Waals surface area contributed by atoms with Gasteiger partial charge in [0.25, 0.3) is 5.91 Å². The Labute approximate surface area is 193 Å². The van der Waals surface area contributed by atoms with E-state index in [4.69, 9.17) is 4.74 Å². The molecule has 1 saturated heterocycles. The smallest absolute Gasteiger partial charge is 0.406 e. The number of aryl methyl sites for hydroxylation is 1. The van der Waals surface area contributed by atoms with Crippen molar-refractivity contribution in [2.75, 3.05) is 20.2 Å². The average Bonchev–Trinajstić information content (AvgIpc) is 3.35. The molecule has 0 bridgehead atoms. The Morgan fingerprint density at radius 1 is 1.15 bits per heavy atom. The maximum atomic E-state index is 13.4. The summed E-state index contributed by atoms with van der Waals surface area (Å²) in [7, 11) is 3.20. The first-order valence-electron chi connectivity index (χ1n) is 11.0. The molecule has 0 unspecified atom stereocenters. The number of piperidine rings is 1. The number of carbonyl (C=O) groups is 1. The van der Waals surface area contributed by atoms with E-state index in [0.717, 1.165) is 23.8 Å². The molecule has 34 heavy (non-hydrogen) atoms. The van der Waals surface area contributed by atoms with Crippen LogP contribution in [-0.2, 0) is 13.6 Å². The standard InChI is InChI=1S/C23H23F3N6O2/c1-30-19-16(8-14(10-18(19)34-2)22(33)31-6-4-3-5-7-31)29-21(30)17-9-15-11-27-13-28-20(15)32(17)12-23(24,25)26/h8-11,13H,3-7,12H2,1-2H3. The van der Waals surface area contributed by atoms with Gasteiger partial charge in [0.1, 0.15) is 29.8 Å². The molecule has 1 amide bonds. The second-order valence-electron chi connectivity index (χ2n) is 8.43. The van der Waals surface area contributed by atoms with Crippen LogP contribution in [0.15, 0.2) is 30.7 Å². The minimum atomic E-state index is -4.46. The quantitative estimate of drug-likeness (QED) is 0.445. The zero-order valence-corrected chi connectivity index (χ0v) is 18.8. The van der Waals surface area contributed by atoms with E-state index in [-0.39, 0.29) is 17.2 Å². The van der Waals surface area contributed by atoms with Crippen molar-refractivity contribution < 1.29 is 22.7 Å². The molecular formula is C23H23F3N6O2. The SMILES string of the molecule is COc1cc(C(=O)N2CCCCC2)cc2nc(-c3cc4cncnc4n3CC(F)(F)F)n(C)c12. The fourth-order valence-electron chi connectivity index (χ4n) is 4.62. The van der Waals surface area contributed by atoms with Gasteiger partial charge in [-0.3, -0.25) is 4.79 Å². The summed E-state index contributed by atoms with van der Waals surface area (Å²) in [6, 6.07) is 4.94. The van der Waals surface area contributed by atoms with Crippen molar-refractivity contribution in [1.82, 2.24) is 29.0 Å². The molecule has 0 N–H and O–H groups in total. The molecule has 8 nitrogen and oxygen atoms in total. The average molecular weight is 472 g/mol. The number of ether oxygens (including phenoxy) is 1. The van der Waals surface area contributed by atoms with Gasteiger partial charge in [0, 0.05) is 37.3 Å². The number of carbonyl (C=O) groups excluding carboxylic acids is 1. The van der Waals surface area contributed by atoms with Crippen LogP contribution in [-0.4, -0.2) is 61.3 Å². The molecule has 0 aliphatic carbocycles. The second-order valence-corrected chi connectivity index (χ2v) is 8.43. The second kappa shape index (κ2) is 8.30. The summed E-state index contributed by atoms with van der Waals surface area (Å²) in [6.45, 7) is 0.179. The lowest BCUT2D eigenvalue weighted by atomic mass is 10.1. The number of halogens is 3. The van der Waals surface area contributed by atoms with Gasteiger partial charge in [-0.1, -0.05) is 0 Å². The molecule has 1 aliphatic rings. The number of fused-ring (bicyclic) bond motifs is 2. The van der Waals surface area contributed by atoms with Crippen molar-refractivity contribution in [2.24, 2.45) is 7.05 Å². The van der Waals surface area contributed by atoms with Gasteiger partial charge in [-0.25, -0.2) is 15.0 Å². The number of hydrogen-bond donors (Lipinski definition) is 0. The van der Waals surface area contributed by atoms with Gasteiger partial charge in [0.05, 0.1) is 18.3 Å². The number of nitrogens with zero attached hydrogens (tertiary/aromatic N) is 6. The Morgan fingerprint density at radius 2 is 1.91 bits per heavy atom. The molecular weight excluding hydrogens is 449 g/mol. The molecule has 1 fully saturated rings. The van der Waals surface area contributed by atoms with Crippen molar-refractivity contribution in [3.05, 3.63) is 36.3 Å². The fraction of sp³-hybridized carbons (Fsp3) is 0.391. The summed E-state index contributed by atoms with van der Waals surface area (Å²) in [4.78, 5) is 27.5. The third-order valence-corrected chi connectivity index (χ3v) is 6.17. The van der Waals surface area contributed by atoms with E-state index in [2.05, 4.69) is 15.0 Å². The molecule has 0 spiro atoms. The number of likely N-dealkylation sites (tertiary alicyclic amines) is 1. The molecule has 11 heteroatoms. The summed E-state index contributed by atoms with van der Waals surface area (Å²) < 4.78 is 48.6. The highest BCUT2D eigenvalue weighted by molar-refractivity contribution is 6.00. The molecule has 0 atom stereocenters. The molecule has 5 rings (SSSR count). The minimum Gasteiger partial charge on any atom is -0.494 e. The Bertz CT molecular complexity index is 1390. The van der Waals surface area contributed by atoms with Gasteiger partial charge in [0.2, 0.25) is 0 Å². The van der Waals surface area contributed by atoms with Crippen molar-refractivity contribution in [3.63, 3.8) is 0 Å². The van der Waals surface area contributed by atoms with Gasteiger partial charge in [-0.15, -0.1) is 0 Å². The Morgan fingerprint density at radius 3 is 2.62 bits per heavy atom. The van der Waals surface area contributed by atoms with E-state index in [1.165, 1.54) is 19.6 Å². The number of amides is 1. The maximum absolute atomic E-state index is 13.4.